The minimum atomic E-state index is -0.0323. The predicted molar refractivity (Wildman–Crippen MR) is 113 cm³/mol. The van der Waals surface area contributed by atoms with Crippen molar-refractivity contribution in [2.75, 3.05) is 5.32 Å². The van der Waals surface area contributed by atoms with Gasteiger partial charge in [-0.25, -0.2) is 4.98 Å². The second-order valence-electron chi connectivity index (χ2n) is 7.40. The lowest BCUT2D eigenvalue weighted by Crippen LogP contribution is -2.19. The van der Waals surface area contributed by atoms with Crippen LogP contribution in [0.1, 0.15) is 47.8 Å². The first-order chi connectivity index (χ1) is 13.8. The number of aromatic nitrogens is 3. The van der Waals surface area contributed by atoms with E-state index < -0.39 is 0 Å². The number of amides is 1. The predicted octanol–water partition coefficient (Wildman–Crippen LogP) is 5.32. The third kappa shape index (κ3) is 3.24. The fourth-order valence-corrected chi connectivity index (χ4v) is 5.02. The van der Waals surface area contributed by atoms with Gasteiger partial charge in [-0.05, 0) is 48.1 Å². The zero-order chi connectivity index (χ0) is 18.9. The second kappa shape index (κ2) is 7.28. The van der Waals surface area contributed by atoms with E-state index in [0.29, 0.717) is 6.04 Å². The average Bonchev–Trinajstić information content (AvgIpc) is 3.46. The Morgan fingerprint density at radius 3 is 2.93 bits per heavy atom. The minimum absolute atomic E-state index is 0.0323. The van der Waals surface area contributed by atoms with Gasteiger partial charge in [0.15, 0.2) is 0 Å². The van der Waals surface area contributed by atoms with Crippen molar-refractivity contribution in [1.82, 2.24) is 14.1 Å². The van der Waals surface area contributed by atoms with Crippen molar-refractivity contribution >= 4 is 33.1 Å². The summed E-state index contributed by atoms with van der Waals surface area (Å²) in [6.07, 6.45) is 10.3. The number of rotatable bonds is 5. The van der Waals surface area contributed by atoms with Gasteiger partial charge in [-0.3, -0.25) is 4.79 Å². The summed E-state index contributed by atoms with van der Waals surface area (Å²) in [6, 6.07) is 12.6. The molecule has 142 valence electrons. The maximum atomic E-state index is 13.1. The second-order valence-corrected chi connectivity index (χ2v) is 8.35. The fraction of sp³-hybridized carbons (Fsp3) is 0.273. The molecule has 1 aliphatic rings. The van der Waals surface area contributed by atoms with Crippen molar-refractivity contribution in [3.8, 4) is 0 Å². The molecule has 1 saturated carbocycles. The standard InChI is InChI=1S/C22H22N4OS/c27-22(24-17-5-3-4-16(12-17)14-25-10-9-23-15-25)20-13-21-19(8-11-28-21)26(20)18-6-1-2-7-18/h3-5,8-13,15,18H,1-2,6-7,14H2,(H,24,27). The van der Waals surface area contributed by atoms with Gasteiger partial charge < -0.3 is 14.5 Å². The van der Waals surface area contributed by atoms with Crippen LogP contribution in [0.25, 0.3) is 10.2 Å². The molecule has 0 spiro atoms. The highest BCUT2D eigenvalue weighted by Crippen LogP contribution is 2.36. The van der Waals surface area contributed by atoms with Crippen LogP contribution in [-0.2, 0) is 6.54 Å². The average molecular weight is 391 g/mol. The molecule has 0 bridgehead atoms. The maximum Gasteiger partial charge on any atom is 0.272 e. The van der Waals surface area contributed by atoms with Crippen molar-refractivity contribution in [3.63, 3.8) is 0 Å². The molecule has 28 heavy (non-hydrogen) atoms. The SMILES string of the molecule is O=C(Nc1cccc(Cn2ccnc2)c1)c1cc2sccc2n1C1CCCC1. The number of benzene rings is 1. The van der Waals surface area contributed by atoms with Crippen LogP contribution in [0.5, 0.6) is 0 Å². The van der Waals surface area contributed by atoms with E-state index in [0.717, 1.165) is 36.3 Å². The van der Waals surface area contributed by atoms with Gasteiger partial charge in [-0.2, -0.15) is 0 Å². The maximum absolute atomic E-state index is 13.1. The molecule has 6 heteroatoms. The van der Waals surface area contributed by atoms with Gasteiger partial charge in [-0.15, -0.1) is 11.3 Å². The molecule has 1 aromatic carbocycles. The third-order valence-electron chi connectivity index (χ3n) is 5.49. The molecule has 3 heterocycles. The quantitative estimate of drug-likeness (QED) is 0.502. The Hall–Kier alpha value is -2.86. The summed E-state index contributed by atoms with van der Waals surface area (Å²) in [5, 5.41) is 5.22. The molecule has 1 aliphatic carbocycles. The number of nitrogens with zero attached hydrogens (tertiary/aromatic N) is 3. The summed E-state index contributed by atoms with van der Waals surface area (Å²) >= 11 is 1.70. The summed E-state index contributed by atoms with van der Waals surface area (Å²) in [5.74, 6) is -0.0323. The Morgan fingerprint density at radius 1 is 1.21 bits per heavy atom. The minimum Gasteiger partial charge on any atom is -0.333 e. The van der Waals surface area contributed by atoms with Crippen molar-refractivity contribution in [2.45, 2.75) is 38.3 Å². The highest BCUT2D eigenvalue weighted by Gasteiger charge is 2.25. The zero-order valence-electron chi connectivity index (χ0n) is 15.5. The normalized spacial score (nSPS) is 14.7. The van der Waals surface area contributed by atoms with E-state index in [9.17, 15) is 4.79 Å². The van der Waals surface area contributed by atoms with Crippen LogP contribution < -0.4 is 5.32 Å². The molecule has 1 amide bonds. The Labute approximate surface area is 167 Å². The smallest absolute Gasteiger partial charge is 0.272 e. The number of fused-ring (bicyclic) bond motifs is 1. The lowest BCUT2D eigenvalue weighted by atomic mass is 10.2. The van der Waals surface area contributed by atoms with Crippen LogP contribution in [0.2, 0.25) is 0 Å². The number of imidazole rings is 1. The van der Waals surface area contributed by atoms with E-state index in [-0.39, 0.29) is 5.91 Å². The highest BCUT2D eigenvalue weighted by molar-refractivity contribution is 7.17. The summed E-state index contributed by atoms with van der Waals surface area (Å²) in [6.45, 7) is 0.734. The largest absolute Gasteiger partial charge is 0.333 e. The first kappa shape index (κ1) is 17.3. The van der Waals surface area contributed by atoms with Gasteiger partial charge in [0.1, 0.15) is 5.69 Å². The van der Waals surface area contributed by atoms with E-state index >= 15 is 0 Å². The molecule has 0 saturated heterocycles. The molecule has 1 fully saturated rings. The van der Waals surface area contributed by atoms with Crippen molar-refractivity contribution in [1.29, 1.82) is 0 Å². The number of nitrogens with one attached hydrogen (secondary N) is 1. The van der Waals surface area contributed by atoms with Gasteiger partial charge in [-0.1, -0.05) is 25.0 Å². The van der Waals surface area contributed by atoms with E-state index in [2.05, 4.69) is 32.4 Å². The molecular formula is C22H22N4OS. The van der Waals surface area contributed by atoms with Crippen molar-refractivity contribution < 1.29 is 4.79 Å². The van der Waals surface area contributed by atoms with E-state index in [1.807, 2.05) is 35.0 Å². The van der Waals surface area contributed by atoms with E-state index in [4.69, 9.17) is 0 Å². The third-order valence-corrected chi connectivity index (χ3v) is 6.35. The summed E-state index contributed by atoms with van der Waals surface area (Å²) in [5.41, 5.74) is 3.91. The number of hydrogen-bond acceptors (Lipinski definition) is 3. The molecule has 4 aromatic rings. The number of anilines is 1. The number of carbonyl (C=O) groups is 1. The molecule has 0 unspecified atom stereocenters. The Bertz CT molecular complexity index is 1100. The lowest BCUT2D eigenvalue weighted by molar-refractivity contribution is 0.101. The first-order valence-corrected chi connectivity index (χ1v) is 10.6. The molecule has 0 aliphatic heterocycles. The monoisotopic (exact) mass is 390 g/mol. The Kier molecular flexibility index (Phi) is 4.49. The molecule has 5 nitrogen and oxygen atoms in total. The van der Waals surface area contributed by atoms with Gasteiger partial charge in [0.2, 0.25) is 0 Å². The fourth-order valence-electron chi connectivity index (χ4n) is 4.21. The lowest BCUT2D eigenvalue weighted by Gasteiger charge is -2.17. The van der Waals surface area contributed by atoms with Crippen molar-refractivity contribution in [2.24, 2.45) is 0 Å². The Balaban J connectivity index is 1.41. The highest BCUT2D eigenvalue weighted by atomic mass is 32.1. The molecule has 1 N–H and O–H groups in total. The summed E-state index contributed by atoms with van der Waals surface area (Å²) in [7, 11) is 0. The zero-order valence-corrected chi connectivity index (χ0v) is 16.4. The van der Waals surface area contributed by atoms with E-state index in [1.54, 1.807) is 23.9 Å². The van der Waals surface area contributed by atoms with Crippen LogP contribution in [0.15, 0.2) is 60.5 Å². The molecule has 5 rings (SSSR count). The van der Waals surface area contributed by atoms with Gasteiger partial charge in [0.25, 0.3) is 5.91 Å². The van der Waals surface area contributed by atoms with Gasteiger partial charge >= 0.3 is 0 Å². The van der Waals surface area contributed by atoms with Crippen LogP contribution in [0.3, 0.4) is 0 Å². The Morgan fingerprint density at radius 2 is 2.11 bits per heavy atom. The topological polar surface area (TPSA) is 51.9 Å². The number of carbonyl (C=O) groups excluding carboxylic acids is 1. The molecular weight excluding hydrogens is 368 g/mol. The molecule has 3 aromatic heterocycles. The van der Waals surface area contributed by atoms with Gasteiger partial charge in [0.05, 0.1) is 16.5 Å². The summed E-state index contributed by atoms with van der Waals surface area (Å²) in [4.78, 5) is 17.2. The summed E-state index contributed by atoms with van der Waals surface area (Å²) < 4.78 is 5.47. The van der Waals surface area contributed by atoms with Crippen LogP contribution in [0.4, 0.5) is 5.69 Å². The van der Waals surface area contributed by atoms with E-state index in [1.165, 1.54) is 23.1 Å². The van der Waals surface area contributed by atoms with Crippen LogP contribution in [0, 0.1) is 0 Å². The molecule has 0 radical (unpaired) electrons. The van der Waals surface area contributed by atoms with Crippen LogP contribution in [-0.4, -0.2) is 20.0 Å². The molecule has 0 atom stereocenters. The van der Waals surface area contributed by atoms with Crippen LogP contribution >= 0.6 is 11.3 Å². The van der Waals surface area contributed by atoms with Crippen molar-refractivity contribution in [3.05, 3.63) is 71.8 Å². The first-order valence-electron chi connectivity index (χ1n) is 9.72. The number of hydrogen-bond donors (Lipinski definition) is 1. The van der Waals surface area contributed by atoms with Gasteiger partial charge in [0, 0.05) is 30.7 Å². The number of thiophene rings is 1.